The number of amides is 1. The molecule has 1 amide bonds. The van der Waals surface area contributed by atoms with Crippen LogP contribution in [0, 0.1) is 0 Å². The number of carbonyl (C=O) groups excluding carboxylic acids is 1. The molecule has 0 aliphatic heterocycles. The number of carbonyl (C=O) groups is 2. The number of aliphatic carboxylic acids is 1. The van der Waals surface area contributed by atoms with E-state index in [1.54, 1.807) is 0 Å². The molecule has 0 aliphatic rings. The first-order chi connectivity index (χ1) is 9.26. The van der Waals surface area contributed by atoms with Gasteiger partial charge in [-0.3, -0.25) is 9.59 Å². The number of sulfonamides is 1. The van der Waals surface area contributed by atoms with E-state index in [-0.39, 0.29) is 4.90 Å². The van der Waals surface area contributed by atoms with Crippen LogP contribution in [0.4, 0.5) is 0 Å². The van der Waals surface area contributed by atoms with E-state index < -0.39 is 34.4 Å². The Labute approximate surface area is 115 Å². The third-order valence-electron chi connectivity index (χ3n) is 2.35. The minimum absolute atomic E-state index is 0.174. The number of benzene rings is 1. The number of ether oxygens (including phenoxy) is 1. The fraction of sp³-hybridized carbons (Fsp3) is 0.273. The van der Waals surface area contributed by atoms with Crippen LogP contribution in [0.3, 0.4) is 0 Å². The predicted molar refractivity (Wildman–Crippen MR) is 68.6 cm³/mol. The fourth-order valence-electron chi connectivity index (χ4n) is 1.40. The van der Waals surface area contributed by atoms with Gasteiger partial charge in [0.1, 0.15) is 11.8 Å². The number of rotatable bonds is 7. The monoisotopic (exact) mass is 302 g/mol. The van der Waals surface area contributed by atoms with Gasteiger partial charge >= 0.3 is 5.97 Å². The Hall–Kier alpha value is -2.13. The van der Waals surface area contributed by atoms with Crippen molar-refractivity contribution in [2.24, 2.45) is 5.73 Å². The van der Waals surface area contributed by atoms with Gasteiger partial charge in [-0.1, -0.05) is 6.07 Å². The second kappa shape index (κ2) is 6.35. The molecule has 0 bridgehead atoms. The van der Waals surface area contributed by atoms with Gasteiger partial charge < -0.3 is 15.6 Å². The van der Waals surface area contributed by atoms with Gasteiger partial charge in [-0.15, -0.1) is 0 Å². The number of nitrogens with one attached hydrogen (secondary N) is 1. The molecule has 1 aromatic carbocycles. The Balaban J connectivity index is 3.02. The van der Waals surface area contributed by atoms with Gasteiger partial charge in [0.05, 0.1) is 18.4 Å². The van der Waals surface area contributed by atoms with Crippen molar-refractivity contribution < 1.29 is 27.9 Å². The molecule has 8 nitrogen and oxygen atoms in total. The number of nitrogens with two attached hydrogens (primary N) is 1. The molecule has 0 heterocycles. The number of hydrogen-bond donors (Lipinski definition) is 3. The Bertz CT molecular complexity index is 613. The SMILES string of the molecule is COc1cccc(S(=O)(=O)NC(CC(N)=O)C(=O)O)c1. The third-order valence-corrected chi connectivity index (χ3v) is 3.82. The summed E-state index contributed by atoms with van der Waals surface area (Å²) < 4.78 is 30.8. The lowest BCUT2D eigenvalue weighted by Crippen LogP contribution is -2.43. The molecule has 110 valence electrons. The van der Waals surface area contributed by atoms with E-state index in [4.69, 9.17) is 15.6 Å². The van der Waals surface area contributed by atoms with Gasteiger partial charge in [-0.25, -0.2) is 8.42 Å². The van der Waals surface area contributed by atoms with Crippen molar-refractivity contribution in [3.05, 3.63) is 24.3 Å². The maximum absolute atomic E-state index is 12.0. The molecule has 0 aromatic heterocycles. The van der Waals surface area contributed by atoms with Crippen molar-refractivity contribution in [3.63, 3.8) is 0 Å². The largest absolute Gasteiger partial charge is 0.497 e. The second-order valence-corrected chi connectivity index (χ2v) is 5.58. The highest BCUT2D eigenvalue weighted by molar-refractivity contribution is 7.89. The molecule has 0 fully saturated rings. The first-order valence-electron chi connectivity index (χ1n) is 5.44. The second-order valence-electron chi connectivity index (χ2n) is 3.86. The highest BCUT2D eigenvalue weighted by atomic mass is 32.2. The van der Waals surface area contributed by atoms with Crippen LogP contribution in [0.2, 0.25) is 0 Å². The Morgan fingerprint density at radius 1 is 1.45 bits per heavy atom. The maximum Gasteiger partial charge on any atom is 0.322 e. The quantitative estimate of drug-likeness (QED) is 0.609. The van der Waals surface area contributed by atoms with Gasteiger partial charge in [-0.2, -0.15) is 4.72 Å². The molecule has 9 heteroatoms. The van der Waals surface area contributed by atoms with Crippen LogP contribution in [0.1, 0.15) is 6.42 Å². The lowest BCUT2D eigenvalue weighted by molar-refractivity contribution is -0.140. The summed E-state index contributed by atoms with van der Waals surface area (Å²) in [5.74, 6) is -2.12. The number of primary amides is 1. The van der Waals surface area contributed by atoms with Gasteiger partial charge in [0.25, 0.3) is 0 Å². The Morgan fingerprint density at radius 2 is 2.10 bits per heavy atom. The number of carboxylic acids is 1. The summed E-state index contributed by atoms with van der Waals surface area (Å²) >= 11 is 0. The Kier molecular flexibility index (Phi) is 5.06. The summed E-state index contributed by atoms with van der Waals surface area (Å²) in [6.45, 7) is 0. The van der Waals surface area contributed by atoms with E-state index in [1.807, 2.05) is 4.72 Å². The van der Waals surface area contributed by atoms with Crippen LogP contribution in [0.5, 0.6) is 5.75 Å². The van der Waals surface area contributed by atoms with Gasteiger partial charge in [0.2, 0.25) is 15.9 Å². The van der Waals surface area contributed by atoms with E-state index in [1.165, 1.54) is 31.4 Å². The van der Waals surface area contributed by atoms with Crippen molar-refractivity contribution in [2.45, 2.75) is 17.4 Å². The first-order valence-corrected chi connectivity index (χ1v) is 6.92. The van der Waals surface area contributed by atoms with Crippen molar-refractivity contribution in [3.8, 4) is 5.75 Å². The van der Waals surface area contributed by atoms with Gasteiger partial charge in [0.15, 0.2) is 0 Å². The third kappa shape index (κ3) is 4.21. The van der Waals surface area contributed by atoms with Crippen molar-refractivity contribution in [1.29, 1.82) is 0 Å². The Morgan fingerprint density at radius 3 is 2.60 bits per heavy atom. The highest BCUT2D eigenvalue weighted by Crippen LogP contribution is 2.17. The standard InChI is InChI=1S/C11H14N2O6S/c1-19-7-3-2-4-8(5-7)20(17,18)13-9(11(15)16)6-10(12)14/h2-5,9,13H,6H2,1H3,(H2,12,14)(H,15,16). The average molecular weight is 302 g/mol. The predicted octanol–water partition coefficient (Wildman–Crippen LogP) is -0.698. The summed E-state index contributed by atoms with van der Waals surface area (Å²) in [6.07, 6.45) is -0.640. The molecule has 1 aromatic rings. The summed E-state index contributed by atoms with van der Waals surface area (Å²) in [7, 11) is -2.73. The summed E-state index contributed by atoms with van der Waals surface area (Å²) in [5, 5.41) is 8.87. The molecule has 1 atom stereocenters. The van der Waals surface area contributed by atoms with Crippen LogP contribution in [-0.2, 0) is 19.6 Å². The first kappa shape index (κ1) is 15.9. The molecule has 0 spiro atoms. The fourth-order valence-corrected chi connectivity index (χ4v) is 2.63. The normalized spacial score (nSPS) is 12.7. The zero-order valence-corrected chi connectivity index (χ0v) is 11.4. The topological polar surface area (TPSA) is 136 Å². The summed E-state index contributed by atoms with van der Waals surface area (Å²) in [4.78, 5) is 21.5. The molecule has 4 N–H and O–H groups in total. The average Bonchev–Trinajstić information content (AvgIpc) is 2.37. The number of carboxylic acid groups (broad SMARTS) is 1. The molecule has 0 saturated carbocycles. The van der Waals surface area contributed by atoms with E-state index in [0.29, 0.717) is 5.75 Å². The maximum atomic E-state index is 12.0. The molecular formula is C11H14N2O6S. The van der Waals surface area contributed by atoms with Crippen LogP contribution in [-0.4, -0.2) is 38.6 Å². The van der Waals surface area contributed by atoms with Crippen LogP contribution in [0.25, 0.3) is 0 Å². The highest BCUT2D eigenvalue weighted by Gasteiger charge is 2.27. The van der Waals surface area contributed by atoms with Crippen LogP contribution in [0.15, 0.2) is 29.2 Å². The van der Waals surface area contributed by atoms with Gasteiger partial charge in [-0.05, 0) is 12.1 Å². The smallest absolute Gasteiger partial charge is 0.322 e. The molecule has 0 saturated heterocycles. The van der Waals surface area contributed by atoms with E-state index in [0.717, 1.165) is 0 Å². The lowest BCUT2D eigenvalue weighted by atomic mass is 10.2. The van der Waals surface area contributed by atoms with Crippen molar-refractivity contribution in [1.82, 2.24) is 4.72 Å². The summed E-state index contributed by atoms with van der Waals surface area (Å²) in [6, 6.07) is 3.86. The van der Waals surface area contributed by atoms with E-state index in [9.17, 15) is 18.0 Å². The number of hydrogen-bond acceptors (Lipinski definition) is 5. The van der Waals surface area contributed by atoms with Gasteiger partial charge in [0, 0.05) is 6.07 Å². The van der Waals surface area contributed by atoms with Crippen molar-refractivity contribution >= 4 is 21.9 Å². The lowest BCUT2D eigenvalue weighted by Gasteiger charge is -2.13. The molecule has 1 unspecified atom stereocenters. The van der Waals surface area contributed by atoms with E-state index >= 15 is 0 Å². The number of methoxy groups -OCH3 is 1. The van der Waals surface area contributed by atoms with Crippen LogP contribution < -0.4 is 15.2 Å². The zero-order chi connectivity index (χ0) is 15.3. The molecule has 1 rings (SSSR count). The van der Waals surface area contributed by atoms with E-state index in [2.05, 4.69) is 0 Å². The summed E-state index contributed by atoms with van der Waals surface area (Å²) in [5.41, 5.74) is 4.88. The molecule has 0 radical (unpaired) electrons. The molecule has 0 aliphatic carbocycles. The minimum Gasteiger partial charge on any atom is -0.497 e. The minimum atomic E-state index is -4.10. The zero-order valence-electron chi connectivity index (χ0n) is 10.6. The van der Waals surface area contributed by atoms with Crippen LogP contribution >= 0.6 is 0 Å². The molecular weight excluding hydrogens is 288 g/mol. The molecule has 20 heavy (non-hydrogen) atoms. The van der Waals surface area contributed by atoms with Crippen molar-refractivity contribution in [2.75, 3.05) is 7.11 Å².